The topological polar surface area (TPSA) is 55.7 Å². The van der Waals surface area contributed by atoms with Crippen molar-refractivity contribution in [2.24, 2.45) is 7.05 Å². The molecule has 5 heteroatoms. The number of pyridine rings is 1. The standard InChI is InChI=1S/C30H33N4O/c1-18-12-14-21-20-15-13-19(26-31-27(29(2,3)4)33-28(32-26)30(5,6)7)17-23(20)35-25(21)24(18)22-11-9-10-16-34(22)8/h9-17H,1-8H3/q+1. The van der Waals surface area contributed by atoms with E-state index in [2.05, 4.69) is 109 Å². The first kappa shape index (κ1) is 23.2. The summed E-state index contributed by atoms with van der Waals surface area (Å²) in [6, 6.07) is 16.8. The molecule has 0 fully saturated rings. The quantitative estimate of drug-likeness (QED) is 0.268. The Morgan fingerprint density at radius 3 is 2.06 bits per heavy atom. The Morgan fingerprint density at radius 1 is 0.771 bits per heavy atom. The predicted molar refractivity (Wildman–Crippen MR) is 141 cm³/mol. The van der Waals surface area contributed by atoms with Crippen molar-refractivity contribution in [3.05, 3.63) is 71.9 Å². The van der Waals surface area contributed by atoms with Gasteiger partial charge in [-0.15, -0.1) is 0 Å². The molecule has 0 unspecified atom stereocenters. The maximum absolute atomic E-state index is 6.55. The summed E-state index contributed by atoms with van der Waals surface area (Å²) in [6.07, 6.45) is 2.06. The highest BCUT2D eigenvalue weighted by Gasteiger charge is 2.26. The van der Waals surface area contributed by atoms with Gasteiger partial charge in [0.2, 0.25) is 5.69 Å². The fourth-order valence-electron chi connectivity index (χ4n) is 4.35. The number of furan rings is 1. The summed E-state index contributed by atoms with van der Waals surface area (Å²) in [5, 5.41) is 2.20. The second-order valence-electron chi connectivity index (χ2n) is 11.5. The normalized spacial score (nSPS) is 12.6. The predicted octanol–water partition coefficient (Wildman–Crippen LogP) is 6.83. The van der Waals surface area contributed by atoms with Gasteiger partial charge in [-0.2, -0.15) is 0 Å². The van der Waals surface area contributed by atoms with E-state index in [1.54, 1.807) is 0 Å². The molecular weight excluding hydrogens is 432 g/mol. The molecule has 0 aliphatic carbocycles. The molecule has 0 aliphatic rings. The lowest BCUT2D eigenvalue weighted by Gasteiger charge is -2.22. The number of aryl methyl sites for hydroxylation is 2. The maximum Gasteiger partial charge on any atom is 0.216 e. The number of benzene rings is 2. The van der Waals surface area contributed by atoms with Crippen molar-refractivity contribution in [2.75, 3.05) is 0 Å². The molecule has 5 rings (SSSR count). The number of rotatable bonds is 2. The van der Waals surface area contributed by atoms with Crippen LogP contribution in [0.15, 0.2) is 59.1 Å². The third-order valence-corrected chi connectivity index (χ3v) is 6.40. The highest BCUT2D eigenvalue weighted by atomic mass is 16.3. The largest absolute Gasteiger partial charge is 0.455 e. The van der Waals surface area contributed by atoms with Gasteiger partial charge in [-0.1, -0.05) is 59.7 Å². The molecule has 178 valence electrons. The van der Waals surface area contributed by atoms with Crippen molar-refractivity contribution >= 4 is 21.9 Å². The van der Waals surface area contributed by atoms with Gasteiger partial charge in [0.05, 0.1) is 5.56 Å². The van der Waals surface area contributed by atoms with E-state index in [0.29, 0.717) is 5.82 Å². The van der Waals surface area contributed by atoms with Crippen LogP contribution in [0.25, 0.3) is 44.6 Å². The molecule has 5 nitrogen and oxygen atoms in total. The van der Waals surface area contributed by atoms with Crippen LogP contribution in [0.1, 0.15) is 58.8 Å². The Hall–Kier alpha value is -3.60. The molecule has 35 heavy (non-hydrogen) atoms. The van der Waals surface area contributed by atoms with Gasteiger partial charge in [-0.25, -0.2) is 19.5 Å². The highest BCUT2D eigenvalue weighted by Crippen LogP contribution is 2.38. The van der Waals surface area contributed by atoms with Crippen LogP contribution in [-0.4, -0.2) is 15.0 Å². The van der Waals surface area contributed by atoms with E-state index in [-0.39, 0.29) is 10.8 Å². The van der Waals surface area contributed by atoms with Crippen LogP contribution in [0.2, 0.25) is 0 Å². The molecule has 3 aromatic heterocycles. The van der Waals surface area contributed by atoms with E-state index >= 15 is 0 Å². The monoisotopic (exact) mass is 465 g/mol. The number of hydrogen-bond acceptors (Lipinski definition) is 4. The third kappa shape index (κ3) is 4.09. The van der Waals surface area contributed by atoms with Crippen molar-refractivity contribution in [3.8, 4) is 22.6 Å². The average Bonchev–Trinajstić information content (AvgIpc) is 3.16. The molecule has 2 aromatic carbocycles. The van der Waals surface area contributed by atoms with Gasteiger partial charge in [-0.05, 0) is 30.7 Å². The fraction of sp³-hybridized carbons (Fsp3) is 0.333. The zero-order chi connectivity index (χ0) is 25.1. The SMILES string of the molecule is Cc1ccc2c(oc3cc(-c4nc(C(C)(C)C)nc(C(C)(C)C)n4)ccc32)c1-c1cccc[n+]1C. The van der Waals surface area contributed by atoms with Gasteiger partial charge >= 0.3 is 0 Å². The summed E-state index contributed by atoms with van der Waals surface area (Å²) in [7, 11) is 2.06. The van der Waals surface area contributed by atoms with E-state index < -0.39 is 0 Å². The summed E-state index contributed by atoms with van der Waals surface area (Å²) < 4.78 is 8.68. The van der Waals surface area contributed by atoms with Crippen molar-refractivity contribution < 1.29 is 8.98 Å². The van der Waals surface area contributed by atoms with E-state index in [1.165, 1.54) is 5.56 Å². The van der Waals surface area contributed by atoms with Crippen molar-refractivity contribution in [2.45, 2.75) is 59.3 Å². The second kappa shape index (κ2) is 7.98. The first-order valence-electron chi connectivity index (χ1n) is 12.1. The summed E-state index contributed by atoms with van der Waals surface area (Å²) >= 11 is 0. The first-order chi connectivity index (χ1) is 16.4. The summed E-state index contributed by atoms with van der Waals surface area (Å²) in [5.74, 6) is 2.28. The molecular formula is C30H33N4O+. The lowest BCUT2D eigenvalue weighted by atomic mass is 9.93. The molecule has 0 spiro atoms. The molecule has 0 radical (unpaired) electrons. The van der Waals surface area contributed by atoms with E-state index in [4.69, 9.17) is 19.4 Å². The van der Waals surface area contributed by atoms with Crippen LogP contribution in [-0.2, 0) is 17.9 Å². The van der Waals surface area contributed by atoms with Gasteiger partial charge in [0, 0.05) is 39.3 Å². The van der Waals surface area contributed by atoms with Gasteiger partial charge in [-0.3, -0.25) is 0 Å². The lowest BCUT2D eigenvalue weighted by molar-refractivity contribution is -0.660. The Kier molecular flexibility index (Phi) is 5.28. The first-order valence-corrected chi connectivity index (χ1v) is 12.1. The molecule has 0 N–H and O–H groups in total. The van der Waals surface area contributed by atoms with E-state index in [1.807, 2.05) is 6.07 Å². The zero-order valence-electron chi connectivity index (χ0n) is 21.9. The van der Waals surface area contributed by atoms with Crippen LogP contribution in [0.5, 0.6) is 0 Å². The van der Waals surface area contributed by atoms with Gasteiger partial charge in [0.1, 0.15) is 29.9 Å². The Morgan fingerprint density at radius 2 is 1.43 bits per heavy atom. The van der Waals surface area contributed by atoms with Crippen molar-refractivity contribution in [1.82, 2.24) is 15.0 Å². The van der Waals surface area contributed by atoms with Gasteiger partial charge in [0.15, 0.2) is 12.0 Å². The molecule has 5 aromatic rings. The minimum atomic E-state index is -0.182. The molecule has 0 atom stereocenters. The molecule has 0 amide bonds. The number of fused-ring (bicyclic) bond motifs is 3. The van der Waals surface area contributed by atoms with Crippen LogP contribution >= 0.6 is 0 Å². The smallest absolute Gasteiger partial charge is 0.216 e. The molecule has 0 saturated heterocycles. The van der Waals surface area contributed by atoms with Gasteiger partial charge < -0.3 is 4.42 Å². The third-order valence-electron chi connectivity index (χ3n) is 6.40. The summed E-state index contributed by atoms with van der Waals surface area (Å²) in [5.41, 5.74) is 5.72. The van der Waals surface area contributed by atoms with E-state index in [9.17, 15) is 0 Å². The van der Waals surface area contributed by atoms with Crippen LogP contribution in [0.3, 0.4) is 0 Å². The average molecular weight is 466 g/mol. The molecule has 3 heterocycles. The molecule has 0 saturated carbocycles. The highest BCUT2D eigenvalue weighted by molar-refractivity contribution is 6.10. The number of aromatic nitrogens is 4. The Bertz CT molecular complexity index is 1550. The maximum atomic E-state index is 6.55. The Labute approximate surface area is 206 Å². The van der Waals surface area contributed by atoms with E-state index in [0.717, 1.165) is 50.4 Å². The minimum Gasteiger partial charge on any atom is -0.455 e. The fourth-order valence-corrected chi connectivity index (χ4v) is 4.35. The van der Waals surface area contributed by atoms with Gasteiger partial charge in [0.25, 0.3) is 0 Å². The van der Waals surface area contributed by atoms with Crippen LogP contribution in [0.4, 0.5) is 0 Å². The molecule has 0 aliphatic heterocycles. The minimum absolute atomic E-state index is 0.182. The van der Waals surface area contributed by atoms with Crippen molar-refractivity contribution in [3.63, 3.8) is 0 Å². The second-order valence-corrected chi connectivity index (χ2v) is 11.5. The number of nitrogens with zero attached hydrogens (tertiary/aromatic N) is 4. The Balaban J connectivity index is 1.74. The summed E-state index contributed by atoms with van der Waals surface area (Å²) in [4.78, 5) is 14.6. The van der Waals surface area contributed by atoms with Crippen LogP contribution < -0.4 is 4.57 Å². The van der Waals surface area contributed by atoms with Crippen LogP contribution in [0, 0.1) is 6.92 Å². The zero-order valence-corrected chi connectivity index (χ0v) is 21.9. The molecule has 0 bridgehead atoms. The number of hydrogen-bond donors (Lipinski definition) is 0. The summed E-state index contributed by atoms with van der Waals surface area (Å²) in [6.45, 7) is 14.9. The van der Waals surface area contributed by atoms with Crippen molar-refractivity contribution in [1.29, 1.82) is 0 Å². The lowest BCUT2D eigenvalue weighted by Crippen LogP contribution is -2.30.